The maximum atomic E-state index is 11.8. The van der Waals surface area contributed by atoms with Gasteiger partial charge in [0.05, 0.1) is 13.2 Å². The molecule has 0 aliphatic carbocycles. The van der Waals surface area contributed by atoms with Crippen molar-refractivity contribution < 1.29 is 33.1 Å². The Bertz CT molecular complexity index is 517. The number of hydrogen-bond donors (Lipinski definition) is 3. The highest BCUT2D eigenvalue weighted by Gasteiger charge is 2.27. The number of ether oxygens (including phenoxy) is 1. The van der Waals surface area contributed by atoms with E-state index in [0.717, 1.165) is 32.1 Å². The van der Waals surface area contributed by atoms with Crippen LogP contribution in [-0.2, 0) is 23.1 Å². The summed E-state index contributed by atoms with van der Waals surface area (Å²) in [5.74, 6) is -0.416. The SMILES string of the molecule is CCCCCCCCC=CCCCCCCCC(=O)OC[C@H](CO)OP(=O)(O)OCCN. The number of carbonyl (C=O) groups excluding carboxylic acids is 1. The van der Waals surface area contributed by atoms with E-state index in [1.165, 1.54) is 51.4 Å². The smallest absolute Gasteiger partial charge is 0.463 e. The molecule has 190 valence electrons. The van der Waals surface area contributed by atoms with Crippen LogP contribution in [0.3, 0.4) is 0 Å². The van der Waals surface area contributed by atoms with E-state index in [0.29, 0.717) is 0 Å². The predicted molar refractivity (Wildman–Crippen MR) is 127 cm³/mol. The summed E-state index contributed by atoms with van der Waals surface area (Å²) >= 11 is 0. The zero-order valence-corrected chi connectivity index (χ0v) is 20.8. The van der Waals surface area contributed by atoms with Gasteiger partial charge in [0.15, 0.2) is 0 Å². The van der Waals surface area contributed by atoms with Crippen molar-refractivity contribution in [3.05, 3.63) is 12.2 Å². The molecule has 4 N–H and O–H groups in total. The molecule has 0 spiro atoms. The van der Waals surface area contributed by atoms with Crippen LogP contribution in [0.4, 0.5) is 0 Å². The van der Waals surface area contributed by atoms with Crippen molar-refractivity contribution in [2.75, 3.05) is 26.4 Å². The van der Waals surface area contributed by atoms with Crippen LogP contribution in [0.5, 0.6) is 0 Å². The highest BCUT2D eigenvalue weighted by Crippen LogP contribution is 2.44. The minimum Gasteiger partial charge on any atom is -0.463 e. The molecule has 0 saturated carbocycles. The van der Waals surface area contributed by atoms with Gasteiger partial charge in [-0.05, 0) is 32.1 Å². The summed E-state index contributed by atoms with van der Waals surface area (Å²) in [6.07, 6.45) is 19.1. The van der Waals surface area contributed by atoms with Crippen LogP contribution in [0, 0.1) is 0 Å². The number of aliphatic hydroxyl groups is 1. The van der Waals surface area contributed by atoms with Crippen molar-refractivity contribution >= 4 is 13.8 Å². The summed E-state index contributed by atoms with van der Waals surface area (Å²) in [5.41, 5.74) is 5.19. The first kappa shape index (κ1) is 31.2. The molecular weight excluding hydrogens is 433 g/mol. The molecule has 0 saturated heterocycles. The first-order valence-electron chi connectivity index (χ1n) is 12.2. The molecule has 0 amide bonds. The van der Waals surface area contributed by atoms with Crippen molar-refractivity contribution in [2.45, 2.75) is 103 Å². The fraction of sp³-hybridized carbons (Fsp3) is 0.870. The molecule has 0 bridgehead atoms. The highest BCUT2D eigenvalue weighted by molar-refractivity contribution is 7.47. The minimum absolute atomic E-state index is 0.0582. The number of phosphoric acid groups is 1. The summed E-state index contributed by atoms with van der Waals surface area (Å²) in [6, 6.07) is 0. The summed E-state index contributed by atoms with van der Waals surface area (Å²) in [6.45, 7) is 1.27. The first-order valence-corrected chi connectivity index (χ1v) is 13.7. The van der Waals surface area contributed by atoms with Crippen molar-refractivity contribution in [2.24, 2.45) is 5.73 Å². The molecule has 0 aromatic rings. The van der Waals surface area contributed by atoms with Crippen molar-refractivity contribution in [1.29, 1.82) is 0 Å². The molecule has 32 heavy (non-hydrogen) atoms. The van der Waals surface area contributed by atoms with E-state index in [4.69, 9.17) is 15.0 Å². The average Bonchev–Trinajstić information content (AvgIpc) is 2.77. The number of aliphatic hydroxyl groups excluding tert-OH is 1. The molecule has 0 radical (unpaired) electrons. The third-order valence-electron chi connectivity index (χ3n) is 4.93. The summed E-state index contributed by atoms with van der Waals surface area (Å²) in [4.78, 5) is 21.3. The van der Waals surface area contributed by atoms with Crippen LogP contribution >= 0.6 is 7.82 Å². The van der Waals surface area contributed by atoms with Gasteiger partial charge in [-0.15, -0.1) is 0 Å². The molecule has 0 aliphatic heterocycles. The van der Waals surface area contributed by atoms with Crippen molar-refractivity contribution in [3.63, 3.8) is 0 Å². The molecule has 0 fully saturated rings. The third kappa shape index (κ3) is 21.1. The van der Waals surface area contributed by atoms with Gasteiger partial charge in [0.25, 0.3) is 0 Å². The van der Waals surface area contributed by atoms with Crippen molar-refractivity contribution in [3.8, 4) is 0 Å². The Morgan fingerprint density at radius 1 is 0.969 bits per heavy atom. The molecule has 0 rings (SSSR count). The maximum absolute atomic E-state index is 11.8. The van der Waals surface area contributed by atoms with Gasteiger partial charge >= 0.3 is 13.8 Å². The summed E-state index contributed by atoms with van der Waals surface area (Å²) in [7, 11) is -4.33. The standard InChI is InChI=1S/C23H46NO7P/c1-2-3-4-5-6-7-8-9-10-11-12-13-14-15-16-17-23(26)29-21-22(20-25)31-32(27,28)30-19-18-24/h9-10,22,25H,2-8,11-21,24H2,1H3,(H,27,28)/t22-/m0/s1. The Labute approximate surface area is 194 Å². The molecule has 0 heterocycles. The molecular formula is C23H46NO7P. The fourth-order valence-corrected chi connectivity index (χ4v) is 4.00. The number of esters is 1. The predicted octanol–water partition coefficient (Wildman–Crippen LogP) is 5.02. The van der Waals surface area contributed by atoms with Gasteiger partial charge in [0.2, 0.25) is 0 Å². The molecule has 0 aromatic carbocycles. The zero-order chi connectivity index (χ0) is 23.9. The average molecular weight is 480 g/mol. The maximum Gasteiger partial charge on any atom is 0.472 e. The van der Waals surface area contributed by atoms with E-state index < -0.39 is 26.5 Å². The third-order valence-corrected chi connectivity index (χ3v) is 6.00. The normalized spacial score (nSPS) is 14.5. The second-order valence-electron chi connectivity index (χ2n) is 8.02. The van der Waals surface area contributed by atoms with Gasteiger partial charge in [0, 0.05) is 13.0 Å². The second kappa shape index (κ2) is 22.1. The molecule has 1 unspecified atom stereocenters. The van der Waals surface area contributed by atoms with Gasteiger partial charge in [0.1, 0.15) is 12.7 Å². The van der Waals surface area contributed by atoms with E-state index in [9.17, 15) is 19.4 Å². The Morgan fingerprint density at radius 2 is 1.53 bits per heavy atom. The van der Waals surface area contributed by atoms with Crippen LogP contribution in [-0.4, -0.2) is 48.4 Å². The number of unbranched alkanes of at least 4 members (excludes halogenated alkanes) is 11. The van der Waals surface area contributed by atoms with E-state index >= 15 is 0 Å². The van der Waals surface area contributed by atoms with Crippen LogP contribution in [0.2, 0.25) is 0 Å². The Morgan fingerprint density at radius 3 is 2.09 bits per heavy atom. The van der Waals surface area contributed by atoms with Crippen LogP contribution in [0.1, 0.15) is 96.8 Å². The lowest BCUT2D eigenvalue weighted by Gasteiger charge is -2.18. The fourth-order valence-electron chi connectivity index (χ4n) is 3.10. The Balaban J connectivity index is 3.61. The van der Waals surface area contributed by atoms with Gasteiger partial charge < -0.3 is 20.5 Å². The monoisotopic (exact) mass is 479 g/mol. The van der Waals surface area contributed by atoms with Crippen LogP contribution in [0.25, 0.3) is 0 Å². The Hall–Kier alpha value is -0.760. The summed E-state index contributed by atoms with van der Waals surface area (Å²) in [5, 5.41) is 9.21. The van der Waals surface area contributed by atoms with Gasteiger partial charge in [-0.3, -0.25) is 13.8 Å². The molecule has 0 aliphatic rings. The van der Waals surface area contributed by atoms with Gasteiger partial charge in [-0.2, -0.15) is 0 Å². The molecule has 8 nitrogen and oxygen atoms in total. The number of rotatable bonds is 23. The molecule has 2 atom stereocenters. The van der Waals surface area contributed by atoms with Crippen molar-refractivity contribution in [1.82, 2.24) is 0 Å². The minimum atomic E-state index is -4.33. The lowest BCUT2D eigenvalue weighted by atomic mass is 10.1. The van der Waals surface area contributed by atoms with E-state index in [1.807, 2.05) is 0 Å². The number of hydrogen-bond acceptors (Lipinski definition) is 7. The van der Waals surface area contributed by atoms with E-state index in [-0.39, 0.29) is 26.2 Å². The lowest BCUT2D eigenvalue weighted by Crippen LogP contribution is -2.25. The van der Waals surface area contributed by atoms with Gasteiger partial charge in [-0.1, -0.05) is 70.4 Å². The first-order chi connectivity index (χ1) is 15.4. The second-order valence-corrected chi connectivity index (χ2v) is 9.42. The summed E-state index contributed by atoms with van der Waals surface area (Å²) < 4.78 is 26.0. The number of nitrogens with two attached hydrogens (primary N) is 1. The van der Waals surface area contributed by atoms with Gasteiger partial charge in [-0.25, -0.2) is 4.57 Å². The molecule has 0 aromatic heterocycles. The van der Waals surface area contributed by atoms with E-state index in [2.05, 4.69) is 23.6 Å². The number of allylic oxidation sites excluding steroid dienone is 2. The lowest BCUT2D eigenvalue weighted by molar-refractivity contribution is -0.147. The number of carbonyl (C=O) groups is 1. The molecule has 9 heteroatoms. The van der Waals surface area contributed by atoms with Crippen LogP contribution in [0.15, 0.2) is 12.2 Å². The largest absolute Gasteiger partial charge is 0.472 e. The topological polar surface area (TPSA) is 128 Å². The quantitative estimate of drug-likeness (QED) is 0.0806. The Kier molecular flexibility index (Phi) is 21.5. The highest BCUT2D eigenvalue weighted by atomic mass is 31.2. The van der Waals surface area contributed by atoms with E-state index in [1.54, 1.807) is 0 Å². The zero-order valence-electron chi connectivity index (χ0n) is 19.9. The number of phosphoric ester groups is 1. The van der Waals surface area contributed by atoms with Crippen LogP contribution < -0.4 is 5.73 Å².